The number of amides is 1. The zero-order valence-electron chi connectivity index (χ0n) is 9.05. The fourth-order valence-corrected chi connectivity index (χ4v) is 2.36. The van der Waals surface area contributed by atoms with Gasteiger partial charge in [0.25, 0.3) is 5.91 Å². The van der Waals surface area contributed by atoms with Gasteiger partial charge in [-0.1, -0.05) is 23.2 Å². The van der Waals surface area contributed by atoms with Crippen LogP contribution < -0.4 is 5.32 Å². The minimum absolute atomic E-state index is 0.00239. The van der Waals surface area contributed by atoms with Gasteiger partial charge in [-0.2, -0.15) is 0 Å². The standard InChI is InChI=1S/C10H5Cl2N3O3S/c11-6-3-5(7(12)15-14-6)8(16)13-9-4(10(17)18)1-2-19-9/h1-3H,(H,13,16)(H,17,18). The van der Waals surface area contributed by atoms with Crippen molar-refractivity contribution in [3.8, 4) is 0 Å². The summed E-state index contributed by atoms with van der Waals surface area (Å²) in [5.74, 6) is -1.74. The van der Waals surface area contributed by atoms with Gasteiger partial charge in [-0.3, -0.25) is 4.79 Å². The number of rotatable bonds is 3. The summed E-state index contributed by atoms with van der Waals surface area (Å²) >= 11 is 12.4. The van der Waals surface area contributed by atoms with Gasteiger partial charge in [0.2, 0.25) is 0 Å². The third-order valence-electron chi connectivity index (χ3n) is 2.09. The lowest BCUT2D eigenvalue weighted by molar-refractivity contribution is 0.0698. The number of aromatic carboxylic acids is 1. The molecule has 0 fully saturated rings. The largest absolute Gasteiger partial charge is 0.478 e. The molecule has 2 aromatic heterocycles. The number of hydrogen-bond donors (Lipinski definition) is 2. The van der Waals surface area contributed by atoms with E-state index in [1.165, 1.54) is 12.1 Å². The normalized spacial score (nSPS) is 10.2. The average Bonchev–Trinajstić information content (AvgIpc) is 2.80. The van der Waals surface area contributed by atoms with E-state index in [2.05, 4.69) is 15.5 Å². The second-order valence-corrected chi connectivity index (χ2v) is 4.96. The zero-order valence-corrected chi connectivity index (χ0v) is 11.4. The highest BCUT2D eigenvalue weighted by molar-refractivity contribution is 7.14. The fraction of sp³-hybridized carbons (Fsp3) is 0. The van der Waals surface area contributed by atoms with Crippen LogP contribution in [0.25, 0.3) is 0 Å². The summed E-state index contributed by atoms with van der Waals surface area (Å²) in [5, 5.41) is 20.0. The molecule has 0 aliphatic rings. The van der Waals surface area contributed by atoms with Gasteiger partial charge < -0.3 is 10.4 Å². The maximum absolute atomic E-state index is 12.0. The van der Waals surface area contributed by atoms with E-state index in [0.29, 0.717) is 0 Å². The Labute approximate surface area is 121 Å². The molecule has 0 saturated carbocycles. The van der Waals surface area contributed by atoms with Gasteiger partial charge in [0.1, 0.15) is 5.00 Å². The van der Waals surface area contributed by atoms with E-state index >= 15 is 0 Å². The van der Waals surface area contributed by atoms with E-state index in [-0.39, 0.29) is 26.4 Å². The van der Waals surface area contributed by atoms with Crippen LogP contribution in [0.4, 0.5) is 5.00 Å². The number of carbonyl (C=O) groups is 2. The molecule has 0 atom stereocenters. The molecule has 2 rings (SSSR count). The monoisotopic (exact) mass is 317 g/mol. The molecule has 2 aromatic rings. The molecule has 0 aromatic carbocycles. The molecule has 0 spiro atoms. The van der Waals surface area contributed by atoms with Gasteiger partial charge in [0, 0.05) is 0 Å². The van der Waals surface area contributed by atoms with Crippen LogP contribution in [0.3, 0.4) is 0 Å². The van der Waals surface area contributed by atoms with E-state index in [1.807, 2.05) is 0 Å². The van der Waals surface area contributed by atoms with Crippen molar-refractivity contribution < 1.29 is 14.7 Å². The number of hydrogen-bond acceptors (Lipinski definition) is 5. The zero-order chi connectivity index (χ0) is 14.0. The number of carboxylic acid groups (broad SMARTS) is 1. The van der Waals surface area contributed by atoms with Gasteiger partial charge in [0.05, 0.1) is 11.1 Å². The van der Waals surface area contributed by atoms with Crippen LogP contribution in [0.2, 0.25) is 10.3 Å². The molecule has 2 heterocycles. The maximum Gasteiger partial charge on any atom is 0.338 e. The Hall–Kier alpha value is -1.70. The Kier molecular flexibility index (Phi) is 3.98. The number of halogens is 2. The van der Waals surface area contributed by atoms with Gasteiger partial charge >= 0.3 is 5.97 Å². The first-order chi connectivity index (χ1) is 8.99. The van der Waals surface area contributed by atoms with Crippen LogP contribution >= 0.6 is 34.5 Å². The quantitative estimate of drug-likeness (QED) is 0.908. The number of aromatic nitrogens is 2. The Balaban J connectivity index is 2.28. The molecular weight excluding hydrogens is 313 g/mol. The predicted molar refractivity (Wildman–Crippen MR) is 71.3 cm³/mol. The summed E-state index contributed by atoms with van der Waals surface area (Å²) in [6.07, 6.45) is 0. The van der Waals surface area contributed by atoms with Crippen molar-refractivity contribution in [2.24, 2.45) is 0 Å². The van der Waals surface area contributed by atoms with Crippen LogP contribution in [0.15, 0.2) is 17.5 Å². The van der Waals surface area contributed by atoms with E-state index in [0.717, 1.165) is 11.3 Å². The van der Waals surface area contributed by atoms with Crippen molar-refractivity contribution in [3.05, 3.63) is 38.9 Å². The fourth-order valence-electron chi connectivity index (χ4n) is 1.26. The molecular formula is C10H5Cl2N3O3S. The number of nitrogens with one attached hydrogen (secondary N) is 1. The van der Waals surface area contributed by atoms with Gasteiger partial charge in [-0.25, -0.2) is 4.79 Å². The molecule has 0 aliphatic heterocycles. The van der Waals surface area contributed by atoms with Crippen LogP contribution in [0.1, 0.15) is 20.7 Å². The highest BCUT2D eigenvalue weighted by Gasteiger charge is 2.18. The Bertz CT molecular complexity index is 659. The first kappa shape index (κ1) is 13.7. The summed E-state index contributed by atoms with van der Waals surface area (Å²) in [7, 11) is 0. The van der Waals surface area contributed by atoms with E-state index < -0.39 is 11.9 Å². The molecule has 0 bridgehead atoms. The smallest absolute Gasteiger partial charge is 0.338 e. The van der Waals surface area contributed by atoms with Gasteiger partial charge in [0.15, 0.2) is 10.3 Å². The lowest BCUT2D eigenvalue weighted by Gasteiger charge is -2.05. The summed E-state index contributed by atoms with van der Waals surface area (Å²) in [4.78, 5) is 22.9. The van der Waals surface area contributed by atoms with Gasteiger partial charge in [-0.05, 0) is 17.5 Å². The van der Waals surface area contributed by atoms with Crippen LogP contribution in [0, 0.1) is 0 Å². The number of carbonyl (C=O) groups excluding carboxylic acids is 1. The average molecular weight is 318 g/mol. The topological polar surface area (TPSA) is 92.2 Å². The van der Waals surface area contributed by atoms with Gasteiger partial charge in [-0.15, -0.1) is 21.5 Å². The van der Waals surface area contributed by atoms with Crippen LogP contribution in [0.5, 0.6) is 0 Å². The first-order valence-electron chi connectivity index (χ1n) is 4.80. The predicted octanol–water partition coefficient (Wildman–Crippen LogP) is 2.80. The SMILES string of the molecule is O=C(Nc1sccc1C(=O)O)c1cc(Cl)nnc1Cl. The van der Waals surface area contributed by atoms with E-state index in [1.54, 1.807) is 5.38 Å². The molecule has 0 unspecified atom stereocenters. The molecule has 6 nitrogen and oxygen atoms in total. The van der Waals surface area contributed by atoms with Crippen molar-refractivity contribution in [2.75, 3.05) is 5.32 Å². The third kappa shape index (κ3) is 3.01. The first-order valence-corrected chi connectivity index (χ1v) is 6.43. The second-order valence-electron chi connectivity index (χ2n) is 3.29. The van der Waals surface area contributed by atoms with E-state index in [9.17, 15) is 9.59 Å². The Morgan fingerprint density at radius 3 is 2.68 bits per heavy atom. The van der Waals surface area contributed by atoms with Crippen molar-refractivity contribution in [2.45, 2.75) is 0 Å². The second kappa shape index (κ2) is 5.52. The van der Waals surface area contributed by atoms with Crippen molar-refractivity contribution in [3.63, 3.8) is 0 Å². The number of carboxylic acids is 1. The minimum Gasteiger partial charge on any atom is -0.478 e. The highest BCUT2D eigenvalue weighted by Crippen LogP contribution is 2.25. The molecule has 2 N–H and O–H groups in total. The number of thiophene rings is 1. The molecule has 0 aliphatic carbocycles. The van der Waals surface area contributed by atoms with Crippen molar-refractivity contribution in [1.82, 2.24) is 10.2 Å². The molecule has 0 saturated heterocycles. The van der Waals surface area contributed by atoms with Crippen LogP contribution in [-0.4, -0.2) is 27.2 Å². The lowest BCUT2D eigenvalue weighted by Crippen LogP contribution is -2.14. The molecule has 0 radical (unpaired) electrons. The van der Waals surface area contributed by atoms with Crippen LogP contribution in [-0.2, 0) is 0 Å². The Morgan fingerprint density at radius 2 is 2.00 bits per heavy atom. The van der Waals surface area contributed by atoms with Crippen molar-refractivity contribution in [1.29, 1.82) is 0 Å². The molecule has 1 amide bonds. The maximum atomic E-state index is 12.0. The third-order valence-corrected chi connectivity index (χ3v) is 3.38. The minimum atomic E-state index is -1.13. The molecule has 9 heteroatoms. The highest BCUT2D eigenvalue weighted by atomic mass is 35.5. The Morgan fingerprint density at radius 1 is 1.26 bits per heavy atom. The summed E-state index contributed by atoms with van der Waals surface area (Å²) in [5.41, 5.74) is 0.0222. The molecule has 98 valence electrons. The van der Waals surface area contributed by atoms with Crippen molar-refractivity contribution >= 4 is 51.4 Å². The summed E-state index contributed by atoms with van der Waals surface area (Å²) in [6, 6.07) is 2.64. The summed E-state index contributed by atoms with van der Waals surface area (Å²) in [6.45, 7) is 0. The lowest BCUT2D eigenvalue weighted by atomic mass is 10.2. The van der Waals surface area contributed by atoms with E-state index in [4.69, 9.17) is 28.3 Å². The number of anilines is 1. The summed E-state index contributed by atoms with van der Waals surface area (Å²) < 4.78 is 0. The number of nitrogens with zero attached hydrogens (tertiary/aromatic N) is 2. The molecule has 19 heavy (non-hydrogen) atoms.